The van der Waals surface area contributed by atoms with Gasteiger partial charge < -0.3 is 4.74 Å². The first-order chi connectivity index (χ1) is 5.83. The van der Waals surface area contributed by atoms with Gasteiger partial charge in [0.15, 0.2) is 0 Å². The largest absolute Gasteiger partial charge is 0.462 e. The van der Waals surface area contributed by atoms with Crippen molar-refractivity contribution in [3.63, 3.8) is 0 Å². The summed E-state index contributed by atoms with van der Waals surface area (Å²) in [5, 5.41) is 0. The average molecular weight is 229 g/mol. The zero-order chi connectivity index (χ0) is 8.81. The molecule has 0 aromatic carbocycles. The van der Waals surface area contributed by atoms with E-state index in [1.807, 2.05) is 6.92 Å². The van der Waals surface area contributed by atoms with Crippen LogP contribution in [-0.2, 0) is 26.0 Å². The predicted octanol–water partition coefficient (Wildman–Crippen LogP) is 2.66. The first-order valence-electron chi connectivity index (χ1n) is 5.02. The van der Waals surface area contributed by atoms with Crippen LogP contribution in [0.3, 0.4) is 0 Å². The van der Waals surface area contributed by atoms with Crippen LogP contribution in [0.25, 0.3) is 0 Å². The summed E-state index contributed by atoms with van der Waals surface area (Å²) in [6, 6.07) is 0. The van der Waals surface area contributed by atoms with Crippen LogP contribution in [0.1, 0.15) is 51.9 Å². The van der Waals surface area contributed by atoms with Gasteiger partial charge in [-0.1, -0.05) is 13.3 Å². The van der Waals surface area contributed by atoms with Crippen molar-refractivity contribution >= 4 is 5.97 Å². The van der Waals surface area contributed by atoms with Gasteiger partial charge in [0.2, 0.25) is 0 Å². The van der Waals surface area contributed by atoms with Crippen molar-refractivity contribution < 1.29 is 26.0 Å². The molecule has 0 aromatic rings. The van der Waals surface area contributed by atoms with Crippen LogP contribution in [0.4, 0.5) is 0 Å². The second-order valence-corrected chi connectivity index (χ2v) is 3.50. The Balaban J connectivity index is 0.00000144. The molecule has 0 heterocycles. The van der Waals surface area contributed by atoms with Gasteiger partial charge in [0, 0.05) is 22.9 Å². The maximum absolute atomic E-state index is 11.1. The summed E-state index contributed by atoms with van der Waals surface area (Å²) in [5.74, 6) is -0.00981. The minimum absolute atomic E-state index is 0. The van der Waals surface area contributed by atoms with Crippen LogP contribution >= 0.6 is 0 Å². The summed E-state index contributed by atoms with van der Waals surface area (Å²) < 4.78 is 5.29. The van der Waals surface area contributed by atoms with Gasteiger partial charge in [0.25, 0.3) is 0 Å². The third-order valence-electron chi connectivity index (χ3n) is 2.30. The minimum Gasteiger partial charge on any atom is -0.462 e. The van der Waals surface area contributed by atoms with Crippen LogP contribution in [0.2, 0.25) is 0 Å². The van der Waals surface area contributed by atoms with E-state index >= 15 is 0 Å². The second kappa shape index (κ2) is 7.38. The van der Waals surface area contributed by atoms with Gasteiger partial charge in [-0.3, -0.25) is 4.79 Å². The molecule has 1 saturated carbocycles. The molecule has 0 unspecified atom stereocenters. The van der Waals surface area contributed by atoms with E-state index in [2.05, 4.69) is 0 Å². The first-order valence-corrected chi connectivity index (χ1v) is 5.02. The molecule has 3 heteroatoms. The van der Waals surface area contributed by atoms with Gasteiger partial charge in [0.1, 0.15) is 6.10 Å². The Kier molecular flexibility index (Phi) is 7.35. The number of ether oxygens (including phenoxy) is 1. The van der Waals surface area contributed by atoms with Crippen molar-refractivity contribution in [3.8, 4) is 0 Å². The normalized spacial score (nSPS) is 17.6. The van der Waals surface area contributed by atoms with Gasteiger partial charge in [-0.25, -0.2) is 0 Å². The molecule has 0 saturated heterocycles. The molecule has 1 rings (SSSR count). The second-order valence-electron chi connectivity index (χ2n) is 3.50. The summed E-state index contributed by atoms with van der Waals surface area (Å²) in [7, 11) is 0. The first kappa shape index (κ1) is 13.0. The molecule has 80 valence electrons. The Hall–Kier alpha value is -0.0365. The summed E-state index contributed by atoms with van der Waals surface area (Å²) in [6.45, 7) is 2.00. The molecule has 1 aliphatic rings. The van der Waals surface area contributed by atoms with Gasteiger partial charge in [-0.2, -0.15) is 0 Å². The standard InChI is InChI=1S/C10H18O2.Ni/c1-2-6-10(11)12-9-7-4-3-5-8-9;/h9H,2-8H2,1H3;. The Morgan fingerprint density at radius 1 is 1.31 bits per heavy atom. The van der Waals surface area contributed by atoms with Crippen LogP contribution in [0.5, 0.6) is 0 Å². The van der Waals surface area contributed by atoms with Crippen molar-refractivity contribution in [2.45, 2.75) is 58.0 Å². The van der Waals surface area contributed by atoms with E-state index in [1.165, 1.54) is 19.3 Å². The number of rotatable bonds is 3. The van der Waals surface area contributed by atoms with E-state index in [-0.39, 0.29) is 28.6 Å². The van der Waals surface area contributed by atoms with Crippen molar-refractivity contribution in [1.29, 1.82) is 0 Å². The van der Waals surface area contributed by atoms with Crippen molar-refractivity contribution in [2.75, 3.05) is 0 Å². The molecule has 1 aliphatic carbocycles. The quantitative estimate of drug-likeness (QED) is 0.549. The van der Waals surface area contributed by atoms with Gasteiger partial charge in [-0.15, -0.1) is 0 Å². The predicted molar refractivity (Wildman–Crippen MR) is 47.9 cm³/mol. The molecular formula is C10H18NiO2. The van der Waals surface area contributed by atoms with Gasteiger partial charge in [0.05, 0.1) is 0 Å². The number of hydrogen-bond donors (Lipinski definition) is 0. The monoisotopic (exact) mass is 228 g/mol. The number of esters is 1. The molecule has 0 bridgehead atoms. The molecule has 0 aliphatic heterocycles. The zero-order valence-corrected chi connectivity index (χ0v) is 9.15. The van der Waals surface area contributed by atoms with E-state index < -0.39 is 0 Å². The Bertz CT molecular complexity index is 142. The van der Waals surface area contributed by atoms with Crippen molar-refractivity contribution in [1.82, 2.24) is 0 Å². The SMILES string of the molecule is CCCC(=O)OC1CCCCC1.[Ni]. The molecule has 0 amide bonds. The van der Waals surface area contributed by atoms with Gasteiger partial charge in [-0.05, 0) is 32.1 Å². The van der Waals surface area contributed by atoms with E-state index in [4.69, 9.17) is 4.74 Å². The molecule has 0 aromatic heterocycles. The number of carbonyl (C=O) groups excluding carboxylic acids is 1. The molecule has 13 heavy (non-hydrogen) atoms. The summed E-state index contributed by atoms with van der Waals surface area (Å²) in [5.41, 5.74) is 0. The number of carbonyl (C=O) groups is 1. The van der Waals surface area contributed by atoms with Crippen LogP contribution in [0, 0.1) is 0 Å². The molecule has 1 fully saturated rings. The third-order valence-corrected chi connectivity index (χ3v) is 2.30. The third kappa shape index (κ3) is 5.30. The van der Waals surface area contributed by atoms with E-state index in [1.54, 1.807) is 0 Å². The maximum Gasteiger partial charge on any atom is 0.306 e. The molecule has 2 nitrogen and oxygen atoms in total. The Morgan fingerprint density at radius 3 is 2.46 bits per heavy atom. The smallest absolute Gasteiger partial charge is 0.306 e. The topological polar surface area (TPSA) is 26.3 Å². The molecule has 0 N–H and O–H groups in total. The van der Waals surface area contributed by atoms with Crippen molar-refractivity contribution in [2.24, 2.45) is 0 Å². The van der Waals surface area contributed by atoms with Crippen LogP contribution < -0.4 is 0 Å². The molecule has 0 spiro atoms. The van der Waals surface area contributed by atoms with E-state index in [0.717, 1.165) is 19.3 Å². The fourth-order valence-electron chi connectivity index (χ4n) is 1.63. The zero-order valence-electron chi connectivity index (χ0n) is 8.16. The molecular weight excluding hydrogens is 211 g/mol. The molecule has 0 radical (unpaired) electrons. The summed E-state index contributed by atoms with van der Waals surface area (Å²) in [6.07, 6.45) is 7.63. The summed E-state index contributed by atoms with van der Waals surface area (Å²) in [4.78, 5) is 11.1. The average Bonchev–Trinajstić information content (AvgIpc) is 2.06. The fourth-order valence-corrected chi connectivity index (χ4v) is 1.63. The maximum atomic E-state index is 11.1. The Labute approximate surface area is 90.3 Å². The summed E-state index contributed by atoms with van der Waals surface area (Å²) >= 11 is 0. The van der Waals surface area contributed by atoms with Crippen LogP contribution in [-0.4, -0.2) is 12.1 Å². The number of hydrogen-bond acceptors (Lipinski definition) is 2. The van der Waals surface area contributed by atoms with E-state index in [0.29, 0.717) is 6.42 Å². The molecule has 0 atom stereocenters. The Morgan fingerprint density at radius 2 is 1.92 bits per heavy atom. The van der Waals surface area contributed by atoms with E-state index in [9.17, 15) is 4.79 Å². The fraction of sp³-hybridized carbons (Fsp3) is 0.900. The van der Waals surface area contributed by atoms with Crippen LogP contribution in [0.15, 0.2) is 0 Å². The van der Waals surface area contributed by atoms with Gasteiger partial charge >= 0.3 is 5.97 Å². The minimum atomic E-state index is -0.00981. The van der Waals surface area contributed by atoms with Crippen molar-refractivity contribution in [3.05, 3.63) is 0 Å².